The van der Waals surface area contributed by atoms with Gasteiger partial charge in [-0.15, -0.1) is 0 Å². The van der Waals surface area contributed by atoms with Gasteiger partial charge in [0.1, 0.15) is 18.1 Å². The molecular weight excluding hydrogens is 392 g/mol. The number of rotatable bonds is 8. The maximum atomic E-state index is 12.0. The van der Waals surface area contributed by atoms with Crippen LogP contribution in [-0.4, -0.2) is 35.4 Å². The van der Waals surface area contributed by atoms with E-state index >= 15 is 0 Å². The summed E-state index contributed by atoms with van der Waals surface area (Å²) in [4.78, 5) is 22.8. The summed E-state index contributed by atoms with van der Waals surface area (Å²) in [6.07, 6.45) is 1.43. The minimum absolute atomic E-state index is 0.0133. The van der Waals surface area contributed by atoms with Crippen LogP contribution < -0.4 is 14.9 Å². The molecule has 2 aromatic carbocycles. The Hall–Kier alpha value is -4.27. The quantitative estimate of drug-likeness (QED) is 0.384. The summed E-state index contributed by atoms with van der Waals surface area (Å²) < 4.78 is 16.1. The zero-order chi connectivity index (χ0) is 21.5. The van der Waals surface area contributed by atoms with E-state index in [1.807, 2.05) is 0 Å². The molecule has 0 spiro atoms. The number of carboxylic acids is 1. The average molecular weight is 410 g/mol. The summed E-state index contributed by atoms with van der Waals surface area (Å²) >= 11 is 0. The van der Waals surface area contributed by atoms with Crippen LogP contribution in [0.4, 0.5) is 0 Å². The number of amides is 1. The van der Waals surface area contributed by atoms with Gasteiger partial charge in [0.2, 0.25) is 5.76 Å². The molecule has 3 aromatic rings. The molecule has 0 saturated heterocycles. The van der Waals surface area contributed by atoms with E-state index in [0.717, 1.165) is 0 Å². The number of aromatic hydroxyl groups is 1. The molecule has 30 heavy (non-hydrogen) atoms. The van der Waals surface area contributed by atoms with Gasteiger partial charge < -0.3 is 24.1 Å². The summed E-state index contributed by atoms with van der Waals surface area (Å²) in [7, 11) is 1.47. The van der Waals surface area contributed by atoms with Crippen LogP contribution in [0.25, 0.3) is 0 Å². The number of phenolic OH excluding ortho intramolecular Hbond substituents is 1. The summed E-state index contributed by atoms with van der Waals surface area (Å²) in [6.45, 7) is 0.0249. The number of carbonyl (C=O) groups excluding carboxylic acids is 1. The van der Waals surface area contributed by atoms with Crippen LogP contribution in [0.5, 0.6) is 17.2 Å². The number of hydrogen-bond donors (Lipinski definition) is 3. The van der Waals surface area contributed by atoms with Gasteiger partial charge >= 0.3 is 5.97 Å². The molecule has 9 nitrogen and oxygen atoms in total. The van der Waals surface area contributed by atoms with Crippen LogP contribution >= 0.6 is 0 Å². The lowest BCUT2D eigenvalue weighted by molar-refractivity contribution is 0.0657. The Bertz CT molecular complexity index is 1090. The topological polar surface area (TPSA) is 131 Å². The molecule has 0 aliphatic rings. The van der Waals surface area contributed by atoms with Crippen molar-refractivity contribution in [3.05, 3.63) is 77.2 Å². The molecule has 154 valence electrons. The fraction of sp³-hybridized carbons (Fsp3) is 0.0952. The molecule has 1 aromatic heterocycles. The van der Waals surface area contributed by atoms with Crippen molar-refractivity contribution in [3.8, 4) is 17.2 Å². The maximum absolute atomic E-state index is 12.0. The SMILES string of the molecule is COc1cc(/C=N/NC(=O)c2cccc(O)c2)ccc1OCc1ccc(C(=O)O)o1. The van der Waals surface area contributed by atoms with Crippen molar-refractivity contribution in [2.24, 2.45) is 5.10 Å². The number of furan rings is 1. The van der Waals surface area contributed by atoms with E-state index in [2.05, 4.69) is 10.5 Å². The first-order chi connectivity index (χ1) is 14.5. The Balaban J connectivity index is 1.62. The van der Waals surface area contributed by atoms with Crippen LogP contribution in [0.2, 0.25) is 0 Å². The summed E-state index contributed by atoms with van der Waals surface area (Å²) in [6, 6.07) is 13.8. The minimum Gasteiger partial charge on any atom is -0.508 e. The molecule has 0 bridgehead atoms. The number of carboxylic acid groups (broad SMARTS) is 1. The highest BCUT2D eigenvalue weighted by molar-refractivity contribution is 5.95. The Kier molecular flexibility index (Phi) is 6.33. The number of ether oxygens (including phenoxy) is 2. The Morgan fingerprint density at radius 2 is 1.97 bits per heavy atom. The summed E-state index contributed by atoms with van der Waals surface area (Å²) in [5.74, 6) is -0.600. The molecular formula is C21H18N2O7. The van der Waals surface area contributed by atoms with Crippen molar-refractivity contribution in [2.75, 3.05) is 7.11 Å². The highest BCUT2D eigenvalue weighted by Gasteiger charge is 2.11. The van der Waals surface area contributed by atoms with Crippen molar-refractivity contribution < 1.29 is 33.7 Å². The smallest absolute Gasteiger partial charge is 0.371 e. The molecule has 0 radical (unpaired) electrons. The third-order valence-corrected chi connectivity index (χ3v) is 3.92. The fourth-order valence-corrected chi connectivity index (χ4v) is 2.48. The second-order valence-corrected chi connectivity index (χ2v) is 6.02. The van der Waals surface area contributed by atoms with Gasteiger partial charge in [-0.25, -0.2) is 10.2 Å². The molecule has 1 heterocycles. The van der Waals surface area contributed by atoms with Crippen molar-refractivity contribution in [1.82, 2.24) is 5.43 Å². The molecule has 0 aliphatic carbocycles. The second-order valence-electron chi connectivity index (χ2n) is 6.02. The van der Waals surface area contributed by atoms with Gasteiger partial charge in [0.25, 0.3) is 5.91 Å². The number of hydrogen-bond acceptors (Lipinski definition) is 7. The highest BCUT2D eigenvalue weighted by Crippen LogP contribution is 2.28. The van der Waals surface area contributed by atoms with E-state index in [-0.39, 0.29) is 23.7 Å². The predicted molar refractivity (Wildman–Crippen MR) is 106 cm³/mol. The van der Waals surface area contributed by atoms with Crippen LogP contribution in [-0.2, 0) is 6.61 Å². The lowest BCUT2D eigenvalue weighted by atomic mass is 10.2. The first kappa shape index (κ1) is 20.5. The van der Waals surface area contributed by atoms with Crippen molar-refractivity contribution in [3.63, 3.8) is 0 Å². The second kappa shape index (κ2) is 9.28. The van der Waals surface area contributed by atoms with E-state index in [1.54, 1.807) is 30.3 Å². The number of aromatic carboxylic acids is 1. The number of benzene rings is 2. The first-order valence-electron chi connectivity index (χ1n) is 8.71. The average Bonchev–Trinajstić information content (AvgIpc) is 3.22. The van der Waals surface area contributed by atoms with Crippen LogP contribution in [0.15, 0.2) is 64.1 Å². The zero-order valence-corrected chi connectivity index (χ0v) is 15.9. The van der Waals surface area contributed by atoms with E-state index in [4.69, 9.17) is 19.0 Å². The maximum Gasteiger partial charge on any atom is 0.371 e. The number of carbonyl (C=O) groups is 2. The monoisotopic (exact) mass is 410 g/mol. The number of nitrogens with zero attached hydrogens (tertiary/aromatic N) is 1. The van der Waals surface area contributed by atoms with E-state index in [1.165, 1.54) is 37.6 Å². The van der Waals surface area contributed by atoms with Crippen molar-refractivity contribution >= 4 is 18.1 Å². The third kappa shape index (κ3) is 5.16. The van der Waals surface area contributed by atoms with Gasteiger partial charge in [-0.05, 0) is 54.1 Å². The number of methoxy groups -OCH3 is 1. The number of hydrazone groups is 1. The van der Waals surface area contributed by atoms with Crippen LogP contribution in [0, 0.1) is 0 Å². The molecule has 0 aliphatic heterocycles. The molecule has 9 heteroatoms. The Labute approximate surface area is 171 Å². The molecule has 3 N–H and O–H groups in total. The minimum atomic E-state index is -1.15. The first-order valence-corrected chi connectivity index (χ1v) is 8.71. The Morgan fingerprint density at radius 3 is 2.67 bits per heavy atom. The van der Waals surface area contributed by atoms with Gasteiger partial charge in [0.15, 0.2) is 11.5 Å². The van der Waals surface area contributed by atoms with Gasteiger partial charge in [0, 0.05) is 5.56 Å². The van der Waals surface area contributed by atoms with Gasteiger partial charge in [-0.3, -0.25) is 4.79 Å². The molecule has 0 atom stereocenters. The lowest BCUT2D eigenvalue weighted by Gasteiger charge is -2.10. The molecule has 0 unspecified atom stereocenters. The number of nitrogens with one attached hydrogen (secondary N) is 1. The van der Waals surface area contributed by atoms with E-state index in [9.17, 15) is 14.7 Å². The fourth-order valence-electron chi connectivity index (χ4n) is 2.48. The van der Waals surface area contributed by atoms with E-state index in [0.29, 0.717) is 22.8 Å². The molecule has 0 saturated carbocycles. The molecule has 3 rings (SSSR count). The third-order valence-electron chi connectivity index (χ3n) is 3.92. The molecule has 1 amide bonds. The van der Waals surface area contributed by atoms with Gasteiger partial charge in [-0.2, -0.15) is 5.10 Å². The van der Waals surface area contributed by atoms with Gasteiger partial charge in [0.05, 0.1) is 13.3 Å². The van der Waals surface area contributed by atoms with E-state index < -0.39 is 11.9 Å². The zero-order valence-electron chi connectivity index (χ0n) is 15.9. The van der Waals surface area contributed by atoms with Crippen LogP contribution in [0.1, 0.15) is 32.2 Å². The van der Waals surface area contributed by atoms with Crippen LogP contribution in [0.3, 0.4) is 0 Å². The standard InChI is InChI=1S/C21H18N2O7/c1-28-19-9-13(11-22-23-20(25)14-3-2-4-15(24)10-14)5-7-17(19)29-12-16-6-8-18(30-16)21(26)27/h2-11,24H,12H2,1H3,(H,23,25)(H,26,27)/b22-11+. The predicted octanol–water partition coefficient (Wildman–Crippen LogP) is 3.03. The lowest BCUT2D eigenvalue weighted by Crippen LogP contribution is -2.17. The highest BCUT2D eigenvalue weighted by atomic mass is 16.5. The largest absolute Gasteiger partial charge is 0.508 e. The molecule has 0 fully saturated rings. The number of phenols is 1. The summed E-state index contributed by atoms with van der Waals surface area (Å²) in [5, 5.41) is 22.2. The summed E-state index contributed by atoms with van der Waals surface area (Å²) in [5.41, 5.74) is 3.29. The van der Waals surface area contributed by atoms with Crippen molar-refractivity contribution in [1.29, 1.82) is 0 Å². The van der Waals surface area contributed by atoms with Crippen molar-refractivity contribution in [2.45, 2.75) is 6.61 Å². The van der Waals surface area contributed by atoms with Gasteiger partial charge in [-0.1, -0.05) is 6.07 Å². The Morgan fingerprint density at radius 1 is 1.13 bits per heavy atom. The normalized spacial score (nSPS) is 10.7.